The number of ether oxygens (including phenoxy) is 1. The van der Waals surface area contributed by atoms with Crippen molar-refractivity contribution in [2.75, 3.05) is 25.5 Å². The number of anilines is 1. The number of hydrogen-bond donors (Lipinski definition) is 1. The molecule has 124 valence electrons. The summed E-state index contributed by atoms with van der Waals surface area (Å²) in [6.45, 7) is 1.79. The summed E-state index contributed by atoms with van der Waals surface area (Å²) in [6.07, 6.45) is 2.13. The number of para-hydroxylation sites is 2. The molecule has 4 rings (SSSR count). The van der Waals surface area contributed by atoms with Crippen molar-refractivity contribution in [2.45, 2.75) is 19.0 Å². The van der Waals surface area contributed by atoms with Crippen molar-refractivity contribution in [2.24, 2.45) is 4.99 Å². The van der Waals surface area contributed by atoms with Gasteiger partial charge in [-0.3, -0.25) is 0 Å². The number of fused-ring (bicyclic) bond motifs is 1. The first-order chi connectivity index (χ1) is 11.9. The van der Waals surface area contributed by atoms with E-state index in [9.17, 15) is 0 Å². The van der Waals surface area contributed by atoms with Gasteiger partial charge in [-0.15, -0.1) is 6.54 Å². The quantitative estimate of drug-likeness (QED) is 0.812. The number of benzene rings is 2. The molecule has 1 atom stereocenters. The zero-order chi connectivity index (χ0) is 16.4. The summed E-state index contributed by atoms with van der Waals surface area (Å²) in [5, 5.41) is 5.58. The number of rotatable bonds is 2. The monoisotopic (exact) mass is 360 g/mol. The van der Waals surface area contributed by atoms with Crippen molar-refractivity contribution >= 4 is 11.5 Å². The fourth-order valence-electron chi connectivity index (χ4n) is 3.23. The van der Waals surface area contributed by atoms with Crippen molar-refractivity contribution in [1.82, 2.24) is 5.01 Å². The van der Waals surface area contributed by atoms with Crippen LogP contribution >= 0.6 is 0 Å². The van der Waals surface area contributed by atoms with Crippen LogP contribution in [0.15, 0.2) is 53.5 Å². The van der Waals surface area contributed by atoms with E-state index < -0.39 is 0 Å². The van der Waals surface area contributed by atoms with Gasteiger partial charge < -0.3 is 20.5 Å². The van der Waals surface area contributed by atoms with E-state index in [0.29, 0.717) is 0 Å². The zero-order valence-corrected chi connectivity index (χ0v) is 17.9. The molecule has 25 heavy (non-hydrogen) atoms. The van der Waals surface area contributed by atoms with Crippen LogP contribution in [0, 0.1) is 0 Å². The Morgan fingerprint density at radius 1 is 1.12 bits per heavy atom. The smallest absolute Gasteiger partial charge is 0.567 e. The Hall–Kier alpha value is -0.894. The van der Waals surface area contributed by atoms with Gasteiger partial charge in [0.25, 0.3) is 0 Å². The van der Waals surface area contributed by atoms with Gasteiger partial charge >= 0.3 is 51.4 Å². The predicted octanol–water partition coefficient (Wildman–Crippen LogP) is 0.955. The van der Waals surface area contributed by atoms with Crippen LogP contribution in [0.1, 0.15) is 30.1 Å². The van der Waals surface area contributed by atoms with Crippen molar-refractivity contribution in [3.8, 4) is 5.75 Å². The van der Waals surface area contributed by atoms with Crippen molar-refractivity contribution in [3.05, 3.63) is 65.1 Å². The van der Waals surface area contributed by atoms with Gasteiger partial charge in [0, 0.05) is 23.4 Å². The average molecular weight is 361 g/mol. The van der Waals surface area contributed by atoms with Crippen LogP contribution in [0.2, 0.25) is 0 Å². The molecule has 0 spiro atoms. The second-order valence-corrected chi connectivity index (χ2v) is 5.98. The second kappa shape index (κ2) is 8.66. The molecule has 0 saturated carbocycles. The number of hydrogen-bond acceptors (Lipinski definition) is 4. The maximum atomic E-state index is 5.52. The van der Waals surface area contributed by atoms with Crippen molar-refractivity contribution in [3.63, 3.8) is 0 Å². The molecule has 0 aliphatic carbocycles. The van der Waals surface area contributed by atoms with E-state index in [-0.39, 0.29) is 57.6 Å². The molecular formula is C19H21KN4O. The standard InChI is InChI=1S/C19H21N4O.K/c1-24-17-11-5-3-9-15(17)18-21-16-10-4-2-8-14(16)19(22-18)23-13-7-6-12-20-23;/h2-5,8-11,18,21H,6-7,12-13H2,1H3;/q-1;+1. The minimum absolute atomic E-state index is 0. The summed E-state index contributed by atoms with van der Waals surface area (Å²) in [6, 6.07) is 16.3. The zero-order valence-electron chi connectivity index (χ0n) is 14.8. The summed E-state index contributed by atoms with van der Waals surface area (Å²) in [7, 11) is 1.69. The van der Waals surface area contributed by atoms with Gasteiger partial charge in [0.2, 0.25) is 0 Å². The third-order valence-corrected chi connectivity index (χ3v) is 4.44. The first kappa shape index (κ1) is 18.9. The molecule has 2 aliphatic heterocycles. The van der Waals surface area contributed by atoms with Gasteiger partial charge in [0.1, 0.15) is 11.6 Å². The van der Waals surface area contributed by atoms with E-state index >= 15 is 0 Å². The fourth-order valence-corrected chi connectivity index (χ4v) is 3.23. The minimum atomic E-state index is -0.178. The van der Waals surface area contributed by atoms with Gasteiger partial charge in [-0.2, -0.15) is 0 Å². The van der Waals surface area contributed by atoms with Crippen LogP contribution in [-0.2, 0) is 0 Å². The summed E-state index contributed by atoms with van der Waals surface area (Å²) < 4.78 is 5.52. The van der Waals surface area contributed by atoms with Crippen LogP contribution in [0.25, 0.3) is 5.43 Å². The van der Waals surface area contributed by atoms with E-state index in [1.165, 1.54) is 0 Å². The largest absolute Gasteiger partial charge is 1.00 e. The van der Waals surface area contributed by atoms with Gasteiger partial charge in [0.05, 0.1) is 7.11 Å². The van der Waals surface area contributed by atoms with Crippen LogP contribution in [0.3, 0.4) is 0 Å². The van der Waals surface area contributed by atoms with E-state index in [1.54, 1.807) is 7.11 Å². The Labute approximate surface area is 191 Å². The Morgan fingerprint density at radius 2 is 1.92 bits per heavy atom. The molecule has 1 unspecified atom stereocenters. The molecule has 5 nitrogen and oxygen atoms in total. The maximum Gasteiger partial charge on any atom is 1.00 e. The summed E-state index contributed by atoms with van der Waals surface area (Å²) >= 11 is 0. The molecule has 0 radical (unpaired) electrons. The molecule has 1 saturated heterocycles. The molecule has 2 aliphatic rings. The molecule has 0 amide bonds. The van der Waals surface area contributed by atoms with Crippen LogP contribution in [0.4, 0.5) is 5.69 Å². The van der Waals surface area contributed by atoms with Crippen molar-refractivity contribution < 1.29 is 56.1 Å². The Balaban J connectivity index is 0.00000182. The first-order valence-corrected chi connectivity index (χ1v) is 8.38. The molecule has 6 heteroatoms. The Kier molecular flexibility index (Phi) is 6.54. The molecule has 1 fully saturated rings. The Bertz CT molecular complexity index is 759. The molecule has 2 heterocycles. The van der Waals surface area contributed by atoms with E-state index in [4.69, 9.17) is 9.73 Å². The number of methoxy groups -OCH3 is 1. The van der Waals surface area contributed by atoms with Crippen molar-refractivity contribution in [1.29, 1.82) is 0 Å². The second-order valence-electron chi connectivity index (χ2n) is 5.98. The third-order valence-electron chi connectivity index (χ3n) is 4.44. The number of amidine groups is 1. The first-order valence-electron chi connectivity index (χ1n) is 8.38. The number of aliphatic imine (C=N–C) groups is 1. The number of nitrogens with one attached hydrogen (secondary N) is 1. The topological polar surface area (TPSA) is 51.0 Å². The average Bonchev–Trinajstić information content (AvgIpc) is 2.67. The SMILES string of the molecule is COc1ccccc1C1N=C(N2CCCC[N-]2)c2ccccc2N1.[K+]. The fraction of sp³-hybridized carbons (Fsp3) is 0.316. The van der Waals surface area contributed by atoms with Gasteiger partial charge in [-0.05, 0) is 24.6 Å². The summed E-state index contributed by atoms with van der Waals surface area (Å²) in [4.78, 5) is 4.98. The van der Waals surface area contributed by atoms with E-state index in [2.05, 4.69) is 34.0 Å². The molecular weight excluding hydrogens is 339 g/mol. The van der Waals surface area contributed by atoms with E-state index in [0.717, 1.165) is 54.3 Å². The molecule has 1 N–H and O–H groups in total. The predicted molar refractivity (Wildman–Crippen MR) is 96.5 cm³/mol. The van der Waals surface area contributed by atoms with Crippen LogP contribution in [0.5, 0.6) is 5.75 Å². The van der Waals surface area contributed by atoms with Gasteiger partial charge in [-0.25, -0.2) is 4.99 Å². The molecule has 2 aromatic carbocycles. The summed E-state index contributed by atoms with van der Waals surface area (Å²) in [5.41, 5.74) is 7.89. The minimum Gasteiger partial charge on any atom is -0.567 e. The molecule has 0 bridgehead atoms. The maximum absolute atomic E-state index is 5.52. The third kappa shape index (κ3) is 3.94. The van der Waals surface area contributed by atoms with E-state index in [1.807, 2.05) is 30.3 Å². The normalized spacial score (nSPS) is 19.2. The molecule has 0 aromatic heterocycles. The van der Waals surface area contributed by atoms with Crippen LogP contribution < -0.4 is 61.4 Å². The van der Waals surface area contributed by atoms with Crippen LogP contribution in [-0.4, -0.2) is 31.0 Å². The molecule has 2 aromatic rings. The number of nitrogens with zero attached hydrogens (tertiary/aromatic N) is 3. The summed E-state index contributed by atoms with van der Waals surface area (Å²) in [5.74, 6) is 1.79. The Morgan fingerprint density at radius 3 is 2.72 bits per heavy atom. The van der Waals surface area contributed by atoms with Gasteiger partial charge in [0.15, 0.2) is 6.17 Å². The van der Waals surface area contributed by atoms with Gasteiger partial charge in [-0.1, -0.05) is 36.8 Å².